The summed E-state index contributed by atoms with van der Waals surface area (Å²) >= 11 is 0. The Bertz CT molecular complexity index is 1220. The van der Waals surface area contributed by atoms with Crippen molar-refractivity contribution in [2.45, 2.75) is 32.1 Å². The first-order valence-corrected chi connectivity index (χ1v) is 11.9. The fourth-order valence-electron chi connectivity index (χ4n) is 4.16. The van der Waals surface area contributed by atoms with Crippen LogP contribution in [0, 0.1) is 18.8 Å². The lowest BCUT2D eigenvalue weighted by molar-refractivity contribution is 0.102. The third kappa shape index (κ3) is 4.56. The highest BCUT2D eigenvalue weighted by atomic mass is 32.2. The molecule has 2 atom stereocenters. The maximum absolute atomic E-state index is 13.2. The van der Waals surface area contributed by atoms with Crippen molar-refractivity contribution < 1.29 is 13.2 Å². The van der Waals surface area contributed by atoms with Gasteiger partial charge < -0.3 is 5.32 Å². The number of nitrogens with zero attached hydrogens (tertiary/aromatic N) is 5. The second-order valence-corrected chi connectivity index (χ2v) is 10.4. The molecule has 32 heavy (non-hydrogen) atoms. The van der Waals surface area contributed by atoms with Crippen molar-refractivity contribution in [3.8, 4) is 5.69 Å². The molecule has 1 aromatic heterocycles. The van der Waals surface area contributed by atoms with Gasteiger partial charge in [0.15, 0.2) is 0 Å². The Hall–Kier alpha value is -3.11. The molecule has 0 radical (unpaired) electrons. The van der Waals surface area contributed by atoms with E-state index < -0.39 is 15.9 Å². The van der Waals surface area contributed by atoms with Crippen molar-refractivity contribution in [1.29, 1.82) is 0 Å². The number of sulfonamides is 1. The highest BCUT2D eigenvalue weighted by Crippen LogP contribution is 2.27. The molecular weight excluding hydrogens is 428 g/mol. The monoisotopic (exact) mass is 454 g/mol. The van der Waals surface area contributed by atoms with Crippen LogP contribution >= 0.6 is 0 Å². The Kier molecular flexibility index (Phi) is 6.07. The van der Waals surface area contributed by atoms with E-state index in [4.69, 9.17) is 0 Å². The molecule has 1 aliphatic heterocycles. The molecule has 1 aliphatic rings. The second-order valence-electron chi connectivity index (χ2n) is 8.51. The summed E-state index contributed by atoms with van der Waals surface area (Å²) in [5.74, 6) is 0.209. The summed E-state index contributed by atoms with van der Waals surface area (Å²) in [6.45, 7) is 7.03. The average Bonchev–Trinajstić information content (AvgIpc) is 3.29. The van der Waals surface area contributed by atoms with Crippen LogP contribution in [0.5, 0.6) is 0 Å². The smallest absolute Gasteiger partial charge is 0.255 e. The average molecular weight is 455 g/mol. The predicted molar refractivity (Wildman–Crippen MR) is 120 cm³/mol. The largest absolute Gasteiger partial charge is 0.322 e. The van der Waals surface area contributed by atoms with Gasteiger partial charge in [0.1, 0.15) is 6.33 Å². The van der Waals surface area contributed by atoms with E-state index in [9.17, 15) is 13.2 Å². The van der Waals surface area contributed by atoms with E-state index in [2.05, 4.69) is 34.7 Å². The molecule has 2 aromatic carbocycles. The van der Waals surface area contributed by atoms with Gasteiger partial charge in [-0.2, -0.15) is 4.31 Å². The summed E-state index contributed by atoms with van der Waals surface area (Å²) in [7, 11) is -3.67. The number of anilines is 1. The summed E-state index contributed by atoms with van der Waals surface area (Å²) in [5, 5.41) is 14.0. The Morgan fingerprint density at radius 2 is 1.84 bits per heavy atom. The summed E-state index contributed by atoms with van der Waals surface area (Å²) in [6, 6.07) is 11.6. The zero-order valence-corrected chi connectivity index (χ0v) is 19.1. The molecule has 2 heterocycles. The third-order valence-electron chi connectivity index (χ3n) is 5.63. The van der Waals surface area contributed by atoms with Crippen molar-refractivity contribution >= 4 is 21.6 Å². The Morgan fingerprint density at radius 1 is 1.09 bits per heavy atom. The highest BCUT2D eigenvalue weighted by Gasteiger charge is 2.32. The number of piperidine rings is 1. The van der Waals surface area contributed by atoms with E-state index in [0.29, 0.717) is 30.6 Å². The minimum atomic E-state index is -3.67. The van der Waals surface area contributed by atoms with E-state index in [1.165, 1.54) is 27.4 Å². The number of rotatable bonds is 5. The van der Waals surface area contributed by atoms with Crippen LogP contribution in [0.25, 0.3) is 5.69 Å². The van der Waals surface area contributed by atoms with Gasteiger partial charge in [-0.1, -0.05) is 26.0 Å². The van der Waals surface area contributed by atoms with Crippen molar-refractivity contribution in [3.05, 3.63) is 59.9 Å². The van der Waals surface area contributed by atoms with E-state index in [1.54, 1.807) is 24.3 Å². The molecule has 1 N–H and O–H groups in total. The normalized spacial score (nSPS) is 19.6. The third-order valence-corrected chi connectivity index (χ3v) is 7.46. The highest BCUT2D eigenvalue weighted by molar-refractivity contribution is 7.89. The minimum absolute atomic E-state index is 0.129. The molecule has 168 valence electrons. The number of hydrogen-bond acceptors (Lipinski definition) is 6. The Morgan fingerprint density at radius 3 is 2.53 bits per heavy atom. The molecule has 0 saturated carbocycles. The van der Waals surface area contributed by atoms with Gasteiger partial charge in [-0.25, -0.2) is 13.1 Å². The molecule has 0 spiro atoms. The van der Waals surface area contributed by atoms with Gasteiger partial charge in [-0.05, 0) is 71.5 Å². The summed E-state index contributed by atoms with van der Waals surface area (Å²) in [5.41, 5.74) is 2.50. The summed E-state index contributed by atoms with van der Waals surface area (Å²) in [6.07, 6.45) is 2.49. The van der Waals surface area contributed by atoms with Gasteiger partial charge in [0.2, 0.25) is 10.0 Å². The molecule has 9 nitrogen and oxygen atoms in total. The van der Waals surface area contributed by atoms with E-state index in [1.807, 2.05) is 13.0 Å². The van der Waals surface area contributed by atoms with Crippen LogP contribution in [0.1, 0.15) is 36.2 Å². The first-order chi connectivity index (χ1) is 15.2. The standard InChI is InChI=1S/C22H26N6O3S/c1-15-9-16(2)13-27(12-15)32(30,31)20-6-4-5-18(10-20)22(29)24-19-8-7-17(3)21(11-19)28-14-23-25-26-28/h4-8,10-11,14-16H,9,12-13H2,1-3H3,(H,24,29). The van der Waals surface area contributed by atoms with Crippen LogP contribution in [0.2, 0.25) is 0 Å². The van der Waals surface area contributed by atoms with Gasteiger partial charge in [0.25, 0.3) is 5.91 Å². The van der Waals surface area contributed by atoms with Crippen LogP contribution < -0.4 is 5.32 Å². The maximum Gasteiger partial charge on any atom is 0.255 e. The molecule has 1 saturated heterocycles. The number of nitrogens with one attached hydrogen (secondary N) is 1. The van der Waals surface area contributed by atoms with Crippen LogP contribution in [0.3, 0.4) is 0 Å². The second kappa shape index (κ2) is 8.79. The number of tetrazole rings is 1. The number of aryl methyl sites for hydroxylation is 1. The van der Waals surface area contributed by atoms with Crippen molar-refractivity contribution in [2.75, 3.05) is 18.4 Å². The fourth-order valence-corrected chi connectivity index (χ4v) is 5.88. The fraction of sp³-hybridized carbons (Fsp3) is 0.364. The lowest BCUT2D eigenvalue weighted by Crippen LogP contribution is -2.42. The van der Waals surface area contributed by atoms with Crippen LogP contribution in [0.4, 0.5) is 5.69 Å². The number of hydrogen-bond donors (Lipinski definition) is 1. The molecule has 2 unspecified atom stereocenters. The van der Waals surface area contributed by atoms with Crippen LogP contribution in [-0.4, -0.2) is 51.9 Å². The lowest BCUT2D eigenvalue weighted by atomic mass is 9.94. The first kappa shape index (κ1) is 22.1. The molecule has 1 fully saturated rings. The topological polar surface area (TPSA) is 110 Å². The maximum atomic E-state index is 13.2. The molecular formula is C22H26N6O3S. The van der Waals surface area contributed by atoms with E-state index in [-0.39, 0.29) is 10.5 Å². The Balaban J connectivity index is 1.56. The number of carbonyl (C=O) groups excluding carboxylic acids is 1. The first-order valence-electron chi connectivity index (χ1n) is 10.5. The molecule has 0 bridgehead atoms. The lowest BCUT2D eigenvalue weighted by Gasteiger charge is -2.34. The number of aromatic nitrogens is 4. The van der Waals surface area contributed by atoms with Crippen LogP contribution in [-0.2, 0) is 10.0 Å². The van der Waals surface area contributed by atoms with Gasteiger partial charge in [-0.15, -0.1) is 5.10 Å². The summed E-state index contributed by atoms with van der Waals surface area (Å²) < 4.78 is 29.4. The van der Waals surface area contributed by atoms with Gasteiger partial charge in [0.05, 0.1) is 10.6 Å². The number of carbonyl (C=O) groups is 1. The molecule has 3 aromatic rings. The van der Waals surface area contributed by atoms with Crippen LogP contribution in [0.15, 0.2) is 53.7 Å². The zero-order valence-electron chi connectivity index (χ0n) is 18.3. The minimum Gasteiger partial charge on any atom is -0.322 e. The SMILES string of the molecule is Cc1ccc(NC(=O)c2cccc(S(=O)(=O)N3CC(C)CC(C)C3)c2)cc1-n1cnnn1. The van der Waals surface area contributed by atoms with Crippen molar-refractivity contribution in [3.63, 3.8) is 0 Å². The molecule has 4 rings (SSSR count). The predicted octanol–water partition coefficient (Wildman–Crippen LogP) is 2.89. The van der Waals surface area contributed by atoms with E-state index in [0.717, 1.165) is 17.7 Å². The van der Waals surface area contributed by atoms with Crippen molar-refractivity contribution in [2.24, 2.45) is 11.8 Å². The molecule has 1 amide bonds. The molecule has 10 heteroatoms. The number of benzene rings is 2. The summed E-state index contributed by atoms with van der Waals surface area (Å²) in [4.78, 5) is 13.0. The van der Waals surface area contributed by atoms with Gasteiger partial charge in [0, 0.05) is 24.3 Å². The zero-order chi connectivity index (χ0) is 22.9. The van der Waals surface area contributed by atoms with Gasteiger partial charge in [-0.3, -0.25) is 4.79 Å². The Labute approximate surface area is 187 Å². The molecule has 0 aliphatic carbocycles. The van der Waals surface area contributed by atoms with Gasteiger partial charge >= 0.3 is 0 Å². The van der Waals surface area contributed by atoms with E-state index >= 15 is 0 Å². The number of amides is 1. The quantitative estimate of drug-likeness (QED) is 0.635. The van der Waals surface area contributed by atoms with Crippen molar-refractivity contribution in [1.82, 2.24) is 24.5 Å².